The molecular weight excluding hydrogens is 252 g/mol. The summed E-state index contributed by atoms with van der Waals surface area (Å²) in [6.45, 7) is 4.35. The molecule has 1 amide bonds. The molecule has 1 aliphatic heterocycles. The molecule has 0 radical (unpaired) electrons. The van der Waals surface area contributed by atoms with Gasteiger partial charge in [-0.15, -0.1) is 0 Å². The van der Waals surface area contributed by atoms with E-state index in [1.807, 2.05) is 17.0 Å². The Morgan fingerprint density at radius 3 is 2.95 bits per heavy atom. The number of fused-ring (bicyclic) bond motifs is 2. The fourth-order valence-corrected chi connectivity index (χ4v) is 4.10. The van der Waals surface area contributed by atoms with E-state index in [0.717, 1.165) is 19.3 Å². The van der Waals surface area contributed by atoms with E-state index in [1.165, 1.54) is 0 Å². The van der Waals surface area contributed by atoms with E-state index in [2.05, 4.69) is 18.8 Å². The zero-order valence-corrected chi connectivity index (χ0v) is 12.4. The van der Waals surface area contributed by atoms with Crippen LogP contribution in [0.5, 0.6) is 0 Å². The van der Waals surface area contributed by atoms with E-state index < -0.39 is 0 Å². The Morgan fingerprint density at radius 2 is 2.30 bits per heavy atom. The lowest BCUT2D eigenvalue weighted by atomic mass is 9.62. The van der Waals surface area contributed by atoms with E-state index in [0.29, 0.717) is 17.7 Å². The molecule has 20 heavy (non-hydrogen) atoms. The van der Waals surface area contributed by atoms with Crippen molar-refractivity contribution in [2.45, 2.75) is 50.8 Å². The molecule has 4 nitrogen and oxygen atoms in total. The Labute approximate surface area is 120 Å². The highest BCUT2D eigenvalue weighted by molar-refractivity contribution is 5.94. The van der Waals surface area contributed by atoms with Crippen LogP contribution in [0.15, 0.2) is 24.4 Å². The molecule has 2 bridgehead atoms. The number of methoxy groups -OCH3 is 1. The highest BCUT2D eigenvalue weighted by atomic mass is 16.5. The maximum atomic E-state index is 12.8. The fraction of sp³-hybridized carbons (Fsp3) is 0.625. The first-order chi connectivity index (χ1) is 9.58. The van der Waals surface area contributed by atoms with Crippen molar-refractivity contribution in [2.24, 2.45) is 5.92 Å². The van der Waals surface area contributed by atoms with Crippen LogP contribution < -0.4 is 0 Å². The Kier molecular flexibility index (Phi) is 3.28. The molecule has 0 N–H and O–H groups in total. The Morgan fingerprint density at radius 1 is 1.50 bits per heavy atom. The quantitative estimate of drug-likeness (QED) is 0.850. The van der Waals surface area contributed by atoms with Crippen LogP contribution >= 0.6 is 0 Å². The molecule has 1 saturated carbocycles. The minimum Gasteiger partial charge on any atom is -0.379 e. The molecule has 1 aromatic heterocycles. The molecule has 0 spiro atoms. The first-order valence-corrected chi connectivity index (χ1v) is 7.36. The molecule has 2 aliphatic rings. The third-order valence-corrected chi connectivity index (χ3v) is 5.02. The number of likely N-dealkylation sites (tertiary alicyclic amines) is 1. The van der Waals surface area contributed by atoms with Gasteiger partial charge in [-0.25, -0.2) is 0 Å². The molecular formula is C16H22N2O2. The lowest BCUT2D eigenvalue weighted by Crippen LogP contribution is -2.75. The van der Waals surface area contributed by atoms with E-state index in [4.69, 9.17) is 4.74 Å². The normalized spacial score (nSPS) is 33.5. The second kappa shape index (κ2) is 4.85. The van der Waals surface area contributed by atoms with Crippen molar-refractivity contribution in [2.75, 3.05) is 7.11 Å². The molecule has 108 valence electrons. The van der Waals surface area contributed by atoms with Crippen LogP contribution in [-0.2, 0) is 4.74 Å². The van der Waals surface area contributed by atoms with E-state index >= 15 is 0 Å². The van der Waals surface area contributed by atoms with Crippen molar-refractivity contribution in [1.82, 2.24) is 9.88 Å². The molecule has 2 heterocycles. The summed E-state index contributed by atoms with van der Waals surface area (Å²) >= 11 is 0. The number of aromatic nitrogens is 1. The number of amides is 1. The minimum absolute atomic E-state index is 0.0534. The van der Waals surface area contributed by atoms with Gasteiger partial charge in [0.05, 0.1) is 11.6 Å². The zero-order valence-electron chi connectivity index (χ0n) is 12.4. The van der Waals surface area contributed by atoms with Crippen molar-refractivity contribution in [3.8, 4) is 0 Å². The SMILES string of the molecule is COC(C)C12CC(C[C@@H](C)C1)N2C(=O)c1ccccn1. The third-order valence-electron chi connectivity index (χ3n) is 5.02. The summed E-state index contributed by atoms with van der Waals surface area (Å²) in [7, 11) is 1.73. The highest BCUT2D eigenvalue weighted by Crippen LogP contribution is 2.52. The summed E-state index contributed by atoms with van der Waals surface area (Å²) in [6.07, 6.45) is 4.92. The number of rotatable bonds is 3. The predicted molar refractivity (Wildman–Crippen MR) is 76.4 cm³/mol. The van der Waals surface area contributed by atoms with Gasteiger partial charge in [0.1, 0.15) is 5.69 Å². The number of carbonyl (C=O) groups is 1. The topological polar surface area (TPSA) is 42.4 Å². The number of piperidine rings is 1. The number of ether oxygens (including phenoxy) is 1. The molecule has 1 saturated heterocycles. The maximum Gasteiger partial charge on any atom is 0.273 e. The summed E-state index contributed by atoms with van der Waals surface area (Å²) in [4.78, 5) is 19.0. The predicted octanol–water partition coefficient (Wildman–Crippen LogP) is 2.50. The highest BCUT2D eigenvalue weighted by Gasteiger charge is 2.61. The van der Waals surface area contributed by atoms with Crippen molar-refractivity contribution >= 4 is 5.91 Å². The van der Waals surface area contributed by atoms with Crippen molar-refractivity contribution in [3.05, 3.63) is 30.1 Å². The number of carbonyl (C=O) groups excluding carboxylic acids is 1. The number of pyridine rings is 1. The lowest BCUT2D eigenvalue weighted by Gasteiger charge is -2.65. The smallest absolute Gasteiger partial charge is 0.273 e. The molecule has 3 unspecified atom stereocenters. The second-order valence-corrected chi connectivity index (χ2v) is 6.27. The van der Waals surface area contributed by atoms with Gasteiger partial charge in [0.15, 0.2) is 0 Å². The maximum absolute atomic E-state index is 12.8. The molecule has 0 aromatic carbocycles. The van der Waals surface area contributed by atoms with Gasteiger partial charge in [-0.3, -0.25) is 9.78 Å². The zero-order chi connectivity index (χ0) is 14.3. The standard InChI is InChI=1S/C16H22N2O2/c1-11-8-13-10-16(9-11,12(2)20-3)18(13)15(19)14-6-4-5-7-17-14/h4-7,11-13H,8-10H2,1-3H3/t11-,12?,13?,16?/m1/s1. The second-order valence-electron chi connectivity index (χ2n) is 6.27. The fourth-order valence-electron chi connectivity index (χ4n) is 4.10. The van der Waals surface area contributed by atoms with Gasteiger partial charge in [0.25, 0.3) is 5.91 Å². The molecule has 1 aromatic rings. The first-order valence-electron chi connectivity index (χ1n) is 7.36. The van der Waals surface area contributed by atoms with E-state index in [9.17, 15) is 4.79 Å². The van der Waals surface area contributed by atoms with Crippen molar-refractivity contribution < 1.29 is 9.53 Å². The van der Waals surface area contributed by atoms with E-state index in [-0.39, 0.29) is 17.6 Å². The molecule has 2 fully saturated rings. The van der Waals surface area contributed by atoms with Crippen LogP contribution in [0, 0.1) is 5.92 Å². The molecule has 1 aliphatic carbocycles. The summed E-state index contributed by atoms with van der Waals surface area (Å²) in [5.41, 5.74) is 0.408. The summed E-state index contributed by atoms with van der Waals surface area (Å²) in [5, 5.41) is 0. The van der Waals surface area contributed by atoms with Crippen LogP contribution in [0.2, 0.25) is 0 Å². The number of hydrogen-bond donors (Lipinski definition) is 0. The van der Waals surface area contributed by atoms with Crippen molar-refractivity contribution in [1.29, 1.82) is 0 Å². The van der Waals surface area contributed by atoms with Gasteiger partial charge in [-0.2, -0.15) is 0 Å². The van der Waals surface area contributed by atoms with Gasteiger partial charge in [-0.05, 0) is 44.2 Å². The minimum atomic E-state index is -0.133. The van der Waals surface area contributed by atoms with Crippen LogP contribution in [0.25, 0.3) is 0 Å². The Balaban J connectivity index is 1.91. The number of hydrogen-bond acceptors (Lipinski definition) is 3. The first kappa shape index (κ1) is 13.6. The Hall–Kier alpha value is -1.42. The van der Waals surface area contributed by atoms with E-state index in [1.54, 1.807) is 19.4 Å². The largest absolute Gasteiger partial charge is 0.379 e. The van der Waals surface area contributed by atoms with Crippen LogP contribution in [0.4, 0.5) is 0 Å². The average molecular weight is 274 g/mol. The molecule has 4 heteroatoms. The van der Waals surface area contributed by atoms with Gasteiger partial charge in [-0.1, -0.05) is 13.0 Å². The van der Waals surface area contributed by atoms with Gasteiger partial charge in [0.2, 0.25) is 0 Å². The van der Waals surface area contributed by atoms with Gasteiger partial charge >= 0.3 is 0 Å². The van der Waals surface area contributed by atoms with Crippen LogP contribution in [0.1, 0.15) is 43.6 Å². The average Bonchev–Trinajstić information content (AvgIpc) is 2.46. The van der Waals surface area contributed by atoms with Crippen molar-refractivity contribution in [3.63, 3.8) is 0 Å². The van der Waals surface area contributed by atoms with Crippen LogP contribution in [0.3, 0.4) is 0 Å². The molecule has 4 atom stereocenters. The van der Waals surface area contributed by atoms with Gasteiger partial charge in [0, 0.05) is 19.3 Å². The molecule has 3 rings (SSSR count). The monoisotopic (exact) mass is 274 g/mol. The Bertz CT molecular complexity index is 504. The summed E-state index contributed by atoms with van der Waals surface area (Å²) in [6, 6.07) is 5.85. The van der Waals surface area contributed by atoms with Gasteiger partial charge < -0.3 is 9.64 Å². The number of nitrogens with zero attached hydrogens (tertiary/aromatic N) is 2. The summed E-state index contributed by atoms with van der Waals surface area (Å²) in [5.74, 6) is 0.705. The third kappa shape index (κ3) is 1.85. The lowest BCUT2D eigenvalue weighted by molar-refractivity contribution is -0.160. The summed E-state index contributed by atoms with van der Waals surface area (Å²) < 4.78 is 5.58. The van der Waals surface area contributed by atoms with Crippen LogP contribution in [-0.4, -0.2) is 40.6 Å².